The summed E-state index contributed by atoms with van der Waals surface area (Å²) in [5.74, 6) is -4.45. The topological polar surface area (TPSA) is 221 Å². The fourth-order valence-electron chi connectivity index (χ4n) is 7.34. The van der Waals surface area contributed by atoms with Crippen molar-refractivity contribution in [2.75, 3.05) is 19.4 Å². The molecule has 0 spiro atoms. The molecule has 53 heavy (non-hydrogen) atoms. The van der Waals surface area contributed by atoms with Crippen LogP contribution in [0.4, 0.5) is 0 Å². The van der Waals surface area contributed by atoms with Crippen LogP contribution < -0.4 is 15.3 Å². The van der Waals surface area contributed by atoms with Crippen molar-refractivity contribution >= 4 is 55.8 Å². The maximum atomic E-state index is 13.9. The summed E-state index contributed by atoms with van der Waals surface area (Å²) >= 11 is 0. The van der Waals surface area contributed by atoms with Crippen LogP contribution in [0.3, 0.4) is 0 Å². The Hall–Kier alpha value is -4.23. The first kappa shape index (κ1) is 41.5. The molecule has 8 bridgehead atoms. The second-order valence-electron chi connectivity index (χ2n) is 13.5. The van der Waals surface area contributed by atoms with Gasteiger partial charge in [-0.05, 0) is 39.2 Å². The number of fused-ring (bicyclic) bond motifs is 8. The monoisotopic (exact) mass is 838 g/mol. The molecule has 0 aliphatic carbocycles. The Morgan fingerprint density at radius 3 is 2.11 bits per heavy atom. The zero-order chi connectivity index (χ0) is 38.2. The van der Waals surface area contributed by atoms with Crippen molar-refractivity contribution in [3.05, 3.63) is 68.8 Å². The van der Waals surface area contributed by atoms with Gasteiger partial charge in [0.05, 0.1) is 29.4 Å². The molecule has 2 unspecified atom stereocenters. The molecule has 5 heterocycles. The summed E-state index contributed by atoms with van der Waals surface area (Å²) in [5.41, 5.74) is 5.52. The van der Waals surface area contributed by atoms with Gasteiger partial charge in [0.1, 0.15) is 0 Å². The Labute approximate surface area is 321 Å². The minimum Gasteiger partial charge on any atom is -0.748 e. The predicted molar refractivity (Wildman–Crippen MR) is 191 cm³/mol. The number of ketones is 1. The fraction of sp³-hybridized carbons (Fsp3) is 0.459. The zero-order valence-electron chi connectivity index (χ0n) is 30.5. The number of nitrogens with one attached hydrogen (secondary N) is 1. The van der Waals surface area contributed by atoms with Crippen LogP contribution in [0.15, 0.2) is 18.2 Å². The SMILES string of the molecule is CC[C@H]1c2cc3[n-]c(c(CC(=O)OC)c4nc(cc5[n-]c(cc(n2)C1C)c(C(C)=O)c5C)C(C)[C@@H]4CCC(=O)O)c(C(=O)NCCS(=O)(=O)[O-])c3C.[Pd+2]. The van der Waals surface area contributed by atoms with Gasteiger partial charge in [-0.2, -0.15) is 0 Å². The van der Waals surface area contributed by atoms with Crippen LogP contribution in [0.5, 0.6) is 0 Å². The number of carboxylic acid groups (broad SMARTS) is 1. The van der Waals surface area contributed by atoms with Crippen molar-refractivity contribution in [3.63, 3.8) is 0 Å². The molecule has 0 radical (unpaired) electrons. The number of Topliss-reactive ketones (excluding diaryl/α,β-unsaturated/α-hetero) is 1. The first-order valence-electron chi connectivity index (χ1n) is 17.1. The van der Waals surface area contributed by atoms with Gasteiger partial charge in [0, 0.05) is 70.5 Å². The molecule has 16 heteroatoms. The van der Waals surface area contributed by atoms with Gasteiger partial charge in [-0.3, -0.25) is 29.1 Å². The summed E-state index contributed by atoms with van der Waals surface area (Å²) in [6.07, 6.45) is 0.252. The smallest absolute Gasteiger partial charge is 0.748 e. The van der Waals surface area contributed by atoms with Crippen molar-refractivity contribution in [3.8, 4) is 0 Å². The van der Waals surface area contributed by atoms with E-state index in [1.807, 2.05) is 33.8 Å². The predicted octanol–water partition coefficient (Wildman–Crippen LogP) is 4.43. The molecule has 0 fully saturated rings. The molecule has 0 saturated carbocycles. The molecule has 3 aromatic heterocycles. The third kappa shape index (κ3) is 8.62. The summed E-state index contributed by atoms with van der Waals surface area (Å²) in [5, 5.41) is 12.2. The molecule has 14 nitrogen and oxygen atoms in total. The molecule has 3 aromatic rings. The number of hydrogen-bond donors (Lipinski definition) is 2. The summed E-state index contributed by atoms with van der Waals surface area (Å²) in [4.78, 5) is 71.6. The number of esters is 1. The van der Waals surface area contributed by atoms with E-state index in [9.17, 15) is 37.3 Å². The van der Waals surface area contributed by atoms with Crippen LogP contribution in [-0.4, -0.2) is 71.1 Å². The van der Waals surface area contributed by atoms with Crippen LogP contribution in [0.25, 0.3) is 22.1 Å². The second kappa shape index (κ2) is 16.4. The van der Waals surface area contributed by atoms with Crippen molar-refractivity contribution in [1.29, 1.82) is 0 Å². The number of amides is 1. The second-order valence-corrected chi connectivity index (χ2v) is 15.0. The molecule has 2 N–H and O–H groups in total. The first-order chi connectivity index (χ1) is 24.4. The number of ether oxygens (including phenoxy) is 1. The quantitative estimate of drug-likeness (QED) is 0.118. The van der Waals surface area contributed by atoms with E-state index in [1.165, 1.54) is 14.0 Å². The van der Waals surface area contributed by atoms with Gasteiger partial charge in [0.15, 0.2) is 5.78 Å². The minimum absolute atomic E-state index is 0. The van der Waals surface area contributed by atoms with Gasteiger partial charge < -0.3 is 29.7 Å². The third-order valence-electron chi connectivity index (χ3n) is 10.2. The van der Waals surface area contributed by atoms with Gasteiger partial charge in [-0.25, -0.2) is 8.42 Å². The van der Waals surface area contributed by atoms with Crippen molar-refractivity contribution < 1.29 is 62.4 Å². The Balaban J connectivity index is 0.00000627. The third-order valence-corrected chi connectivity index (χ3v) is 10.9. The van der Waals surface area contributed by atoms with Crippen molar-refractivity contribution in [1.82, 2.24) is 25.3 Å². The van der Waals surface area contributed by atoms with Gasteiger partial charge >= 0.3 is 32.4 Å². The van der Waals surface area contributed by atoms with Gasteiger partial charge in [-0.15, -0.1) is 22.1 Å². The van der Waals surface area contributed by atoms with Crippen molar-refractivity contribution in [2.24, 2.45) is 0 Å². The number of hydrogen-bond acceptors (Lipinski definition) is 10. The number of carbonyl (C=O) groups is 4. The van der Waals surface area contributed by atoms with Gasteiger partial charge in [0.2, 0.25) is 5.91 Å². The summed E-state index contributed by atoms with van der Waals surface area (Å²) in [6, 6.07) is 5.37. The van der Waals surface area contributed by atoms with Gasteiger partial charge in [0.25, 0.3) is 0 Å². The Kier molecular flexibility index (Phi) is 12.9. The van der Waals surface area contributed by atoms with Gasteiger partial charge in [-0.1, -0.05) is 50.1 Å². The van der Waals surface area contributed by atoms with E-state index in [1.54, 1.807) is 19.1 Å². The molecule has 5 rings (SSSR count). The molecule has 286 valence electrons. The molecule has 2 aliphatic rings. The molecular weight excluding hydrogens is 797 g/mol. The average Bonchev–Trinajstić information content (AvgIpc) is 3.74. The molecule has 4 atom stereocenters. The molecular formula is C37H42N5O9PdS-. The number of rotatable bonds is 11. The number of nitrogens with zero attached hydrogens (tertiary/aromatic N) is 4. The largest absolute Gasteiger partial charge is 2.00 e. The minimum atomic E-state index is -4.63. The normalized spacial score (nSPS) is 18.3. The maximum absolute atomic E-state index is 13.9. The molecule has 0 saturated heterocycles. The fourth-order valence-corrected chi connectivity index (χ4v) is 7.69. The number of carbonyl (C=O) groups excluding carboxylic acids is 3. The number of carboxylic acids is 1. The number of aryl methyl sites for hydroxylation is 2. The number of aliphatic carboxylic acids is 1. The molecule has 2 aliphatic heterocycles. The summed E-state index contributed by atoms with van der Waals surface area (Å²) in [7, 11) is -3.42. The van der Waals surface area contributed by atoms with E-state index in [0.717, 1.165) is 0 Å². The van der Waals surface area contributed by atoms with E-state index >= 15 is 0 Å². The van der Waals surface area contributed by atoms with Crippen LogP contribution in [-0.2, 0) is 51.3 Å². The van der Waals surface area contributed by atoms with E-state index < -0.39 is 46.2 Å². The van der Waals surface area contributed by atoms with E-state index in [0.29, 0.717) is 62.4 Å². The first-order valence-corrected chi connectivity index (χ1v) is 18.7. The van der Waals surface area contributed by atoms with E-state index in [2.05, 4.69) is 5.32 Å². The van der Waals surface area contributed by atoms with Crippen LogP contribution in [0, 0.1) is 13.8 Å². The maximum Gasteiger partial charge on any atom is 2.00 e. The summed E-state index contributed by atoms with van der Waals surface area (Å²) < 4.78 is 39.1. The van der Waals surface area contributed by atoms with E-state index in [-0.39, 0.29) is 79.9 Å². The van der Waals surface area contributed by atoms with Crippen LogP contribution >= 0.6 is 0 Å². The Morgan fingerprint density at radius 1 is 0.925 bits per heavy atom. The number of aromatic nitrogens is 4. The average molecular weight is 839 g/mol. The standard InChI is InChI=1S/C37H45N5O9S.Pd/c1-8-22-17(2)25-16-30-33(21(6)43)19(4)27(40-30)14-26-18(3)23(9-10-31(44)45)35(41-26)24(13-32(46)51-7)36-34(37(47)38-11-12-52(48,49)50)20(5)28(42-36)15-29(22)39-25;/h14-18,22-23H,8-13H2,1-7H3,(H5,38,39,40,41,42,43,44,45,47,48,49,50);/q;+2/p-3/t17?,18?,22-,23+;/m1./s1. The molecule has 1 amide bonds. The Morgan fingerprint density at radius 2 is 1.51 bits per heavy atom. The summed E-state index contributed by atoms with van der Waals surface area (Å²) in [6.45, 7) is 10.5. The van der Waals surface area contributed by atoms with Crippen LogP contribution in [0.1, 0.15) is 131 Å². The Bertz CT molecular complexity index is 2250. The van der Waals surface area contributed by atoms with Crippen LogP contribution in [0.2, 0.25) is 0 Å². The zero-order valence-corrected chi connectivity index (χ0v) is 32.9. The van der Waals surface area contributed by atoms with Crippen molar-refractivity contribution in [2.45, 2.75) is 90.9 Å². The number of methoxy groups -OCH3 is 1. The molecule has 0 aromatic carbocycles. The van der Waals surface area contributed by atoms with E-state index in [4.69, 9.17) is 24.7 Å².